The number of hydrogen-bond donors (Lipinski definition) is 1. The van der Waals surface area contributed by atoms with E-state index >= 15 is 0 Å². The van der Waals surface area contributed by atoms with Crippen LogP contribution in [0.3, 0.4) is 0 Å². The van der Waals surface area contributed by atoms with Gasteiger partial charge in [0.2, 0.25) is 0 Å². The van der Waals surface area contributed by atoms with Crippen molar-refractivity contribution < 1.29 is 9.42 Å². The third-order valence-corrected chi connectivity index (χ3v) is 1.38. The van der Waals surface area contributed by atoms with Crippen molar-refractivity contribution in [2.75, 3.05) is 0 Å². The first-order valence-corrected chi connectivity index (χ1v) is 3.08. The van der Waals surface area contributed by atoms with Crippen LogP contribution < -0.4 is 0 Å². The largest absolute Gasteiger partial charge is 0.428 e. The molecule has 0 spiro atoms. The van der Waals surface area contributed by atoms with Gasteiger partial charge in [-0.05, 0) is 12.1 Å². The van der Waals surface area contributed by atoms with Gasteiger partial charge in [0.05, 0.1) is 0 Å². The average molecular weight is 143 g/mol. The van der Waals surface area contributed by atoms with Gasteiger partial charge in [-0.1, -0.05) is 6.07 Å². The number of hydrogen-bond acceptors (Lipinski definition) is 2. The Balaban J connectivity index is 3.52. The molecule has 0 atom stereocenters. The molecular weight excluding hydrogens is 138 g/mol. The summed E-state index contributed by atoms with van der Waals surface area (Å²) < 4.78 is 11.2. The molecule has 4 heteroatoms. The van der Waals surface area contributed by atoms with Crippen molar-refractivity contribution in [2.24, 2.45) is 0 Å². The Hall–Kier alpha value is -1.03. The second kappa shape index (κ2) is 2.50. The lowest BCUT2D eigenvalue weighted by atomic mass is 10.5. The van der Waals surface area contributed by atoms with Gasteiger partial charge in [0.15, 0.2) is 4.64 Å². The summed E-state index contributed by atoms with van der Waals surface area (Å²) in [4.78, 5) is 0. The lowest BCUT2D eigenvalue weighted by molar-refractivity contribution is 0.180. The van der Waals surface area contributed by atoms with E-state index in [1.54, 1.807) is 12.1 Å². The SMILES string of the molecule is O=S=c1ccccn1O. The number of aromatic nitrogens is 1. The van der Waals surface area contributed by atoms with Gasteiger partial charge in [-0.25, -0.2) is 4.21 Å². The van der Waals surface area contributed by atoms with Gasteiger partial charge < -0.3 is 5.21 Å². The van der Waals surface area contributed by atoms with Crippen LogP contribution in [0.1, 0.15) is 0 Å². The highest BCUT2D eigenvalue weighted by Gasteiger charge is 1.81. The van der Waals surface area contributed by atoms with Gasteiger partial charge in [0.1, 0.15) is 11.3 Å². The maximum Gasteiger partial charge on any atom is 0.172 e. The topological polar surface area (TPSA) is 42.2 Å². The van der Waals surface area contributed by atoms with Crippen LogP contribution in [-0.2, 0) is 11.3 Å². The molecule has 1 heterocycles. The van der Waals surface area contributed by atoms with E-state index in [1.165, 1.54) is 12.3 Å². The van der Waals surface area contributed by atoms with Gasteiger partial charge in [-0.2, -0.15) is 4.73 Å². The van der Waals surface area contributed by atoms with E-state index in [2.05, 4.69) is 0 Å². The fourth-order valence-corrected chi connectivity index (χ4v) is 0.756. The van der Waals surface area contributed by atoms with Crippen molar-refractivity contribution in [1.82, 2.24) is 4.73 Å². The zero-order chi connectivity index (χ0) is 6.69. The Labute approximate surface area is 55.2 Å². The monoisotopic (exact) mass is 143 g/mol. The van der Waals surface area contributed by atoms with Crippen molar-refractivity contribution in [3.05, 3.63) is 29.0 Å². The van der Waals surface area contributed by atoms with E-state index in [9.17, 15) is 4.21 Å². The predicted octanol–water partition coefficient (Wildman–Crippen LogP) is 0.470. The Bertz CT molecular complexity index is 287. The molecule has 0 saturated heterocycles. The van der Waals surface area contributed by atoms with Gasteiger partial charge in [0, 0.05) is 6.20 Å². The zero-order valence-electron chi connectivity index (χ0n) is 4.52. The molecule has 0 aromatic carbocycles. The molecule has 9 heavy (non-hydrogen) atoms. The molecule has 0 fully saturated rings. The molecule has 0 radical (unpaired) electrons. The first-order chi connectivity index (χ1) is 4.34. The molecule has 0 aliphatic carbocycles. The molecule has 0 bridgehead atoms. The Morgan fingerprint density at radius 3 is 2.78 bits per heavy atom. The molecule has 3 nitrogen and oxygen atoms in total. The van der Waals surface area contributed by atoms with Crippen molar-refractivity contribution in [3.63, 3.8) is 0 Å². The van der Waals surface area contributed by atoms with Crippen LogP contribution in [0, 0.1) is 4.64 Å². The van der Waals surface area contributed by atoms with Crippen LogP contribution in [0.25, 0.3) is 0 Å². The highest BCUT2D eigenvalue weighted by atomic mass is 32.1. The minimum absolute atomic E-state index is 0.258. The molecule has 0 amide bonds. The van der Waals surface area contributed by atoms with E-state index in [4.69, 9.17) is 5.21 Å². The number of rotatable bonds is 0. The predicted molar refractivity (Wildman–Crippen MR) is 33.0 cm³/mol. The highest BCUT2D eigenvalue weighted by molar-refractivity contribution is 7.56. The molecule has 1 rings (SSSR count). The first-order valence-electron chi connectivity index (χ1n) is 2.34. The van der Waals surface area contributed by atoms with Crippen LogP contribution in [0.15, 0.2) is 24.4 Å². The van der Waals surface area contributed by atoms with E-state index in [-0.39, 0.29) is 15.9 Å². The summed E-state index contributed by atoms with van der Waals surface area (Å²) in [5, 5.41) is 8.81. The molecule has 0 saturated carbocycles. The average Bonchev–Trinajstić information content (AvgIpc) is 1.89. The fourth-order valence-electron chi connectivity index (χ4n) is 0.485. The van der Waals surface area contributed by atoms with Crippen LogP contribution in [0.4, 0.5) is 0 Å². The second-order valence-electron chi connectivity index (χ2n) is 1.47. The quantitative estimate of drug-likeness (QED) is 0.423. The summed E-state index contributed by atoms with van der Waals surface area (Å²) in [5.74, 6) is 0. The van der Waals surface area contributed by atoms with Crippen LogP contribution in [0.2, 0.25) is 0 Å². The minimum Gasteiger partial charge on any atom is -0.428 e. The van der Waals surface area contributed by atoms with Crippen LogP contribution >= 0.6 is 0 Å². The Morgan fingerprint density at radius 1 is 1.56 bits per heavy atom. The normalized spacial score (nSPS) is 8.89. The molecular formula is C5H5NO2S. The van der Waals surface area contributed by atoms with Gasteiger partial charge in [-0.15, -0.1) is 0 Å². The molecule has 0 aliphatic rings. The molecule has 0 aliphatic heterocycles. The Morgan fingerprint density at radius 2 is 2.33 bits per heavy atom. The maximum absolute atomic E-state index is 10.1. The van der Waals surface area contributed by atoms with E-state index in [0.29, 0.717) is 0 Å². The third-order valence-electron chi connectivity index (χ3n) is 0.888. The summed E-state index contributed by atoms with van der Waals surface area (Å²) in [6, 6.07) is 4.87. The molecule has 1 aromatic rings. The summed E-state index contributed by atoms with van der Waals surface area (Å²) in [6.45, 7) is 0. The lowest BCUT2D eigenvalue weighted by Crippen LogP contribution is -1.91. The van der Waals surface area contributed by atoms with E-state index in [1.807, 2.05) is 0 Å². The first kappa shape index (κ1) is 6.10. The maximum atomic E-state index is 10.1. The highest BCUT2D eigenvalue weighted by Crippen LogP contribution is 1.84. The molecule has 1 aromatic heterocycles. The third kappa shape index (κ3) is 1.20. The number of nitrogens with zero attached hydrogens (tertiary/aromatic N) is 1. The van der Waals surface area contributed by atoms with Crippen molar-refractivity contribution >= 4 is 11.3 Å². The van der Waals surface area contributed by atoms with Crippen molar-refractivity contribution in [2.45, 2.75) is 0 Å². The summed E-state index contributed by atoms with van der Waals surface area (Å²) >= 11 is 0.258. The molecule has 0 unspecified atom stereocenters. The smallest absolute Gasteiger partial charge is 0.172 e. The number of pyridine rings is 1. The van der Waals surface area contributed by atoms with Gasteiger partial charge in [-0.3, -0.25) is 0 Å². The molecule has 48 valence electrons. The van der Waals surface area contributed by atoms with Crippen molar-refractivity contribution in [3.8, 4) is 0 Å². The van der Waals surface area contributed by atoms with Gasteiger partial charge in [0.25, 0.3) is 0 Å². The second-order valence-corrected chi connectivity index (χ2v) is 2.05. The van der Waals surface area contributed by atoms with Crippen molar-refractivity contribution in [1.29, 1.82) is 0 Å². The van der Waals surface area contributed by atoms with Crippen LogP contribution in [0.5, 0.6) is 0 Å². The Kier molecular flexibility index (Phi) is 1.69. The molecule has 1 N–H and O–H groups in total. The summed E-state index contributed by atoms with van der Waals surface area (Å²) in [5.41, 5.74) is 0. The van der Waals surface area contributed by atoms with E-state index < -0.39 is 0 Å². The summed E-state index contributed by atoms with van der Waals surface area (Å²) in [6.07, 6.45) is 1.40. The summed E-state index contributed by atoms with van der Waals surface area (Å²) in [7, 11) is 0. The fraction of sp³-hybridized carbons (Fsp3) is 0. The zero-order valence-corrected chi connectivity index (χ0v) is 5.34. The lowest BCUT2D eigenvalue weighted by Gasteiger charge is -1.90. The van der Waals surface area contributed by atoms with Gasteiger partial charge >= 0.3 is 0 Å². The standard InChI is InChI=1S/C5H5NO2S/c7-6-4-2-1-3-5(6)9-8/h1-4,7H. The van der Waals surface area contributed by atoms with Crippen LogP contribution in [-0.4, -0.2) is 14.1 Å². The van der Waals surface area contributed by atoms with E-state index in [0.717, 1.165) is 4.73 Å². The minimum atomic E-state index is 0.258.